The fraction of sp³-hybridized carbons (Fsp3) is 0.684. The van der Waals surface area contributed by atoms with Gasteiger partial charge >= 0.3 is 0 Å². The molecule has 1 amide bonds. The monoisotopic (exact) mass is 391 g/mol. The minimum Gasteiger partial charge on any atom is -0.368 e. The molecule has 2 N–H and O–H groups in total. The molecule has 156 valence electrons. The number of carbonyl (C=O) groups is 1. The summed E-state index contributed by atoms with van der Waals surface area (Å²) < 4.78 is 38.1. The third-order valence-corrected chi connectivity index (χ3v) is 3.76. The zero-order chi connectivity index (χ0) is 21.1. The lowest BCUT2D eigenvalue weighted by molar-refractivity contribution is -0.121. The number of likely N-dealkylation sites (N-methyl/N-ethyl adjacent to an activating group) is 1. The number of rotatable bonds is 9. The highest BCUT2D eigenvalue weighted by Crippen LogP contribution is 2.21. The second-order valence-corrected chi connectivity index (χ2v) is 7.11. The zero-order valence-corrected chi connectivity index (χ0v) is 16.8. The second kappa shape index (κ2) is 12.5. The molecular formula is C19H32F3N3O2. The normalized spacial score (nSPS) is 12.3. The quantitative estimate of drug-likeness (QED) is 0.702. The van der Waals surface area contributed by atoms with Crippen molar-refractivity contribution in [2.45, 2.75) is 52.5 Å². The molecule has 8 heteroatoms. The first-order chi connectivity index (χ1) is 12.5. The fourth-order valence-corrected chi connectivity index (χ4v) is 2.38. The van der Waals surface area contributed by atoms with E-state index >= 15 is 0 Å². The van der Waals surface area contributed by atoms with E-state index in [4.69, 9.17) is 5.73 Å². The van der Waals surface area contributed by atoms with Crippen LogP contribution in [-0.4, -0.2) is 42.7 Å². The van der Waals surface area contributed by atoms with Crippen molar-refractivity contribution in [3.05, 3.63) is 33.7 Å². The molecular weight excluding hydrogens is 359 g/mol. The van der Waals surface area contributed by atoms with Crippen molar-refractivity contribution in [2.75, 3.05) is 27.3 Å². The van der Waals surface area contributed by atoms with Crippen molar-refractivity contribution < 1.29 is 18.0 Å². The molecule has 27 heavy (non-hydrogen) atoms. The number of hydrogen-bond acceptors (Lipinski definition) is 3. The van der Waals surface area contributed by atoms with E-state index in [9.17, 15) is 22.8 Å². The smallest absolute Gasteiger partial charge is 0.269 e. The van der Waals surface area contributed by atoms with Crippen LogP contribution in [-0.2, 0) is 11.2 Å². The largest absolute Gasteiger partial charge is 0.368 e. The average molecular weight is 391 g/mol. The summed E-state index contributed by atoms with van der Waals surface area (Å²) in [5.74, 6) is -0.592. The lowest BCUT2D eigenvalue weighted by Crippen LogP contribution is -2.36. The maximum atomic E-state index is 13.2. The van der Waals surface area contributed by atoms with Gasteiger partial charge in [-0.05, 0) is 50.9 Å². The highest BCUT2D eigenvalue weighted by Gasteiger charge is 2.24. The van der Waals surface area contributed by atoms with Crippen molar-refractivity contribution in [1.82, 2.24) is 9.47 Å². The number of nitrogens with zero attached hydrogens (tertiary/aromatic N) is 2. The predicted molar refractivity (Wildman–Crippen MR) is 102 cm³/mol. The first kappa shape index (κ1) is 25.2. The summed E-state index contributed by atoms with van der Waals surface area (Å²) in [6, 6.07) is 0.305. The Morgan fingerprint density at radius 2 is 1.85 bits per heavy atom. The summed E-state index contributed by atoms with van der Waals surface area (Å²) in [5.41, 5.74) is 4.54. The van der Waals surface area contributed by atoms with Crippen molar-refractivity contribution in [3.8, 4) is 0 Å². The maximum absolute atomic E-state index is 13.2. The Kier molecular flexibility index (Phi) is 11.7. The minimum atomic E-state index is -2.89. The van der Waals surface area contributed by atoms with E-state index in [0.29, 0.717) is 31.4 Å². The Hall–Kier alpha value is -1.83. The Balaban J connectivity index is 0.00000153. The van der Waals surface area contributed by atoms with Gasteiger partial charge in [0.05, 0.1) is 12.2 Å². The van der Waals surface area contributed by atoms with E-state index in [1.807, 2.05) is 32.8 Å². The van der Waals surface area contributed by atoms with Gasteiger partial charge in [0, 0.05) is 12.7 Å². The molecule has 0 radical (unpaired) electrons. The van der Waals surface area contributed by atoms with Crippen molar-refractivity contribution >= 4 is 5.91 Å². The van der Waals surface area contributed by atoms with Crippen LogP contribution in [0.5, 0.6) is 0 Å². The molecule has 1 atom stereocenters. The lowest BCUT2D eigenvalue weighted by atomic mass is 10.0. The number of nitrogens with two attached hydrogens (primary N) is 1. The number of alkyl halides is 3. The molecule has 1 unspecified atom stereocenters. The van der Waals surface area contributed by atoms with Gasteiger partial charge in [0.25, 0.3) is 12.0 Å². The van der Waals surface area contributed by atoms with Crippen LogP contribution >= 0.6 is 0 Å². The van der Waals surface area contributed by atoms with E-state index in [-0.39, 0.29) is 12.6 Å². The second-order valence-electron chi connectivity index (χ2n) is 7.11. The molecule has 1 rings (SSSR count). The van der Waals surface area contributed by atoms with Gasteiger partial charge in [0.1, 0.15) is 6.04 Å². The molecule has 0 aromatic carbocycles. The van der Waals surface area contributed by atoms with E-state index in [0.717, 1.165) is 4.57 Å². The predicted octanol–water partition coefficient (Wildman–Crippen LogP) is 3.33. The van der Waals surface area contributed by atoms with Gasteiger partial charge in [-0.3, -0.25) is 14.0 Å². The van der Waals surface area contributed by atoms with Gasteiger partial charge in [-0.15, -0.1) is 0 Å². The summed E-state index contributed by atoms with van der Waals surface area (Å²) in [4.78, 5) is 25.9. The van der Waals surface area contributed by atoms with Crippen molar-refractivity contribution in [2.24, 2.45) is 11.7 Å². The highest BCUT2D eigenvalue weighted by atomic mass is 19.3. The third kappa shape index (κ3) is 9.08. The van der Waals surface area contributed by atoms with Crippen LogP contribution in [0.3, 0.4) is 0 Å². The van der Waals surface area contributed by atoms with Crippen LogP contribution in [0.2, 0.25) is 0 Å². The van der Waals surface area contributed by atoms with Crippen LogP contribution in [0.4, 0.5) is 13.2 Å². The van der Waals surface area contributed by atoms with Gasteiger partial charge in [-0.25, -0.2) is 8.78 Å². The summed E-state index contributed by atoms with van der Waals surface area (Å²) in [5, 5.41) is 0. The zero-order valence-electron chi connectivity index (χ0n) is 16.8. The van der Waals surface area contributed by atoms with E-state index in [1.54, 1.807) is 6.92 Å². The van der Waals surface area contributed by atoms with Gasteiger partial charge in [-0.1, -0.05) is 20.8 Å². The molecule has 0 fully saturated rings. The number of halogens is 3. The summed E-state index contributed by atoms with van der Waals surface area (Å²) in [7, 11) is 3.74. The highest BCUT2D eigenvalue weighted by molar-refractivity contribution is 5.78. The number of aromatic nitrogens is 1. The number of pyridine rings is 1. The SMILES string of the molecule is CC(C)CC(C(N)=O)n1cc(CCN(C)C)cc(C(F)F)c1=O.CCCF. The van der Waals surface area contributed by atoms with E-state index < -0.39 is 29.5 Å². The summed E-state index contributed by atoms with van der Waals surface area (Å²) >= 11 is 0. The Morgan fingerprint density at radius 1 is 1.30 bits per heavy atom. The van der Waals surface area contributed by atoms with Gasteiger partial charge < -0.3 is 15.2 Å². The summed E-state index contributed by atoms with van der Waals surface area (Å²) in [6.45, 7) is 6.03. The first-order valence-corrected chi connectivity index (χ1v) is 9.08. The molecule has 1 aromatic heterocycles. The molecule has 0 saturated carbocycles. The Bertz CT molecular complexity index is 629. The van der Waals surface area contributed by atoms with E-state index in [1.165, 1.54) is 12.3 Å². The first-order valence-electron chi connectivity index (χ1n) is 9.08. The average Bonchev–Trinajstić information content (AvgIpc) is 2.58. The van der Waals surface area contributed by atoms with Crippen LogP contribution in [0.1, 0.15) is 57.2 Å². The maximum Gasteiger partial charge on any atom is 0.269 e. The molecule has 0 aliphatic heterocycles. The molecule has 1 aromatic rings. The number of primary amides is 1. The Labute approximate surface area is 159 Å². The lowest BCUT2D eigenvalue weighted by Gasteiger charge is -2.21. The third-order valence-electron chi connectivity index (χ3n) is 3.76. The van der Waals surface area contributed by atoms with Crippen molar-refractivity contribution in [3.63, 3.8) is 0 Å². The molecule has 0 spiro atoms. The number of amides is 1. The van der Waals surface area contributed by atoms with Crippen LogP contribution in [0.15, 0.2) is 17.1 Å². The molecule has 0 saturated heterocycles. The van der Waals surface area contributed by atoms with Gasteiger partial charge in [-0.2, -0.15) is 0 Å². The minimum absolute atomic E-state index is 0.0971. The fourth-order valence-electron chi connectivity index (χ4n) is 2.38. The standard InChI is InChI=1S/C16H25F2N3O2.C3H7F/c1-10(2)7-13(15(19)22)21-9-11(5-6-20(3)4)8-12(14(17)18)16(21)23;1-2-3-4/h8-10,13-14H,5-7H2,1-4H3,(H2,19,22);2-3H2,1H3. The molecule has 0 aliphatic rings. The molecule has 5 nitrogen and oxygen atoms in total. The van der Waals surface area contributed by atoms with Crippen LogP contribution in [0, 0.1) is 5.92 Å². The van der Waals surface area contributed by atoms with Crippen LogP contribution in [0.25, 0.3) is 0 Å². The molecule has 1 heterocycles. The van der Waals surface area contributed by atoms with Crippen LogP contribution < -0.4 is 11.3 Å². The number of hydrogen-bond donors (Lipinski definition) is 1. The topological polar surface area (TPSA) is 68.3 Å². The Morgan fingerprint density at radius 3 is 2.22 bits per heavy atom. The number of carbonyl (C=O) groups excluding carboxylic acids is 1. The van der Waals surface area contributed by atoms with Gasteiger partial charge in [0.2, 0.25) is 5.91 Å². The summed E-state index contributed by atoms with van der Waals surface area (Å²) in [6.07, 6.45) is 0.0747. The van der Waals surface area contributed by atoms with Crippen molar-refractivity contribution in [1.29, 1.82) is 0 Å². The molecule has 0 aliphatic carbocycles. The van der Waals surface area contributed by atoms with Gasteiger partial charge in [0.15, 0.2) is 0 Å². The molecule has 0 bridgehead atoms. The van der Waals surface area contributed by atoms with E-state index in [2.05, 4.69) is 0 Å².